The van der Waals surface area contributed by atoms with Crippen LogP contribution in [0.5, 0.6) is 0 Å². The van der Waals surface area contributed by atoms with Crippen molar-refractivity contribution in [2.75, 3.05) is 18.4 Å². The number of likely N-dealkylation sites (tertiary alicyclic amines) is 1. The lowest BCUT2D eigenvalue weighted by atomic mass is 10.2. The smallest absolute Gasteiger partial charge is 0.321 e. The molecule has 100 valence electrons. The summed E-state index contributed by atoms with van der Waals surface area (Å²) in [7, 11) is 0. The molecule has 0 saturated carbocycles. The number of carbonyl (C=O) groups excluding carboxylic acids is 1. The molecule has 2 amide bonds. The zero-order valence-corrected chi connectivity index (χ0v) is 10.7. The van der Waals surface area contributed by atoms with Crippen LogP contribution in [-0.2, 0) is 0 Å². The van der Waals surface area contributed by atoms with Gasteiger partial charge in [0.1, 0.15) is 5.82 Å². The van der Waals surface area contributed by atoms with Gasteiger partial charge in [-0.1, -0.05) is 12.8 Å². The normalized spacial score (nSPS) is 15.5. The van der Waals surface area contributed by atoms with Crippen molar-refractivity contribution in [2.45, 2.75) is 25.7 Å². The molecule has 4 nitrogen and oxygen atoms in total. The van der Waals surface area contributed by atoms with Crippen molar-refractivity contribution in [2.24, 2.45) is 0 Å². The Morgan fingerprint density at radius 2 is 1.95 bits per heavy atom. The van der Waals surface area contributed by atoms with Gasteiger partial charge in [0.25, 0.3) is 0 Å². The van der Waals surface area contributed by atoms with Crippen LogP contribution in [0, 0.1) is 17.1 Å². The quantitative estimate of drug-likeness (QED) is 0.844. The summed E-state index contributed by atoms with van der Waals surface area (Å²) < 4.78 is 13.7. The number of nitrogens with zero attached hydrogens (tertiary/aromatic N) is 2. The van der Waals surface area contributed by atoms with Crippen molar-refractivity contribution in [1.29, 1.82) is 5.26 Å². The minimum absolute atomic E-state index is 0.119. The highest BCUT2D eigenvalue weighted by Gasteiger charge is 2.16. The van der Waals surface area contributed by atoms with Crippen molar-refractivity contribution in [3.63, 3.8) is 0 Å². The Labute approximate surface area is 111 Å². The predicted molar refractivity (Wildman–Crippen MR) is 70.2 cm³/mol. The molecule has 1 aliphatic rings. The molecule has 0 atom stereocenters. The van der Waals surface area contributed by atoms with Gasteiger partial charge < -0.3 is 10.2 Å². The Bertz CT molecular complexity index is 502. The van der Waals surface area contributed by atoms with Gasteiger partial charge in [-0.25, -0.2) is 9.18 Å². The minimum Gasteiger partial charge on any atom is -0.325 e. The van der Waals surface area contributed by atoms with E-state index in [2.05, 4.69) is 5.32 Å². The summed E-state index contributed by atoms with van der Waals surface area (Å²) in [5, 5.41) is 11.2. The first kappa shape index (κ1) is 13.3. The van der Waals surface area contributed by atoms with E-state index in [-0.39, 0.29) is 17.3 Å². The molecular formula is C14H16FN3O. The van der Waals surface area contributed by atoms with E-state index in [0.29, 0.717) is 13.1 Å². The van der Waals surface area contributed by atoms with Crippen LogP contribution in [0.15, 0.2) is 18.2 Å². The zero-order chi connectivity index (χ0) is 13.7. The van der Waals surface area contributed by atoms with E-state index < -0.39 is 5.82 Å². The molecule has 1 saturated heterocycles. The van der Waals surface area contributed by atoms with E-state index in [4.69, 9.17) is 5.26 Å². The Balaban J connectivity index is 2.04. The number of carbonyl (C=O) groups is 1. The van der Waals surface area contributed by atoms with Crippen LogP contribution in [0.1, 0.15) is 31.2 Å². The second-order valence-electron chi connectivity index (χ2n) is 4.64. The Morgan fingerprint density at radius 3 is 2.53 bits per heavy atom. The van der Waals surface area contributed by atoms with Gasteiger partial charge in [0.15, 0.2) is 0 Å². The van der Waals surface area contributed by atoms with Crippen molar-refractivity contribution in [3.05, 3.63) is 29.6 Å². The summed E-state index contributed by atoms with van der Waals surface area (Å²) in [6.07, 6.45) is 4.25. The van der Waals surface area contributed by atoms with E-state index in [9.17, 15) is 9.18 Å². The fourth-order valence-corrected chi connectivity index (χ4v) is 2.15. The number of amides is 2. The summed E-state index contributed by atoms with van der Waals surface area (Å²) in [5.74, 6) is -0.581. The van der Waals surface area contributed by atoms with Gasteiger partial charge >= 0.3 is 6.03 Å². The summed E-state index contributed by atoms with van der Waals surface area (Å²) in [6.45, 7) is 1.42. The second-order valence-corrected chi connectivity index (χ2v) is 4.64. The van der Waals surface area contributed by atoms with Crippen LogP contribution in [0.2, 0.25) is 0 Å². The van der Waals surface area contributed by atoms with Crippen LogP contribution < -0.4 is 5.32 Å². The molecule has 1 heterocycles. The molecule has 0 unspecified atom stereocenters. The first-order chi connectivity index (χ1) is 9.20. The number of nitriles is 1. The molecule has 0 radical (unpaired) electrons. The van der Waals surface area contributed by atoms with Crippen LogP contribution >= 0.6 is 0 Å². The standard InChI is InChI=1S/C14H16FN3O/c15-12-9-11(10-16)5-6-13(12)17-14(19)18-7-3-1-2-4-8-18/h5-6,9H,1-4,7-8H2,(H,17,19). The summed E-state index contributed by atoms with van der Waals surface area (Å²) in [4.78, 5) is 13.7. The molecule has 1 fully saturated rings. The van der Waals surface area contributed by atoms with Gasteiger partial charge in [0, 0.05) is 13.1 Å². The van der Waals surface area contributed by atoms with Crippen LogP contribution in [0.4, 0.5) is 14.9 Å². The first-order valence-corrected chi connectivity index (χ1v) is 6.46. The van der Waals surface area contributed by atoms with Gasteiger partial charge in [-0.05, 0) is 31.0 Å². The molecule has 5 heteroatoms. The molecule has 1 aromatic rings. The third-order valence-electron chi connectivity index (χ3n) is 3.23. The number of rotatable bonds is 1. The predicted octanol–water partition coefficient (Wildman–Crippen LogP) is 3.11. The Morgan fingerprint density at radius 1 is 1.26 bits per heavy atom. The van der Waals surface area contributed by atoms with Crippen molar-refractivity contribution >= 4 is 11.7 Å². The zero-order valence-electron chi connectivity index (χ0n) is 10.7. The summed E-state index contributed by atoms with van der Waals surface area (Å²) >= 11 is 0. The molecule has 19 heavy (non-hydrogen) atoms. The maximum Gasteiger partial charge on any atom is 0.321 e. The van der Waals surface area contributed by atoms with Gasteiger partial charge in [-0.2, -0.15) is 5.26 Å². The van der Waals surface area contributed by atoms with E-state index in [1.807, 2.05) is 6.07 Å². The van der Waals surface area contributed by atoms with Crippen molar-refractivity contribution < 1.29 is 9.18 Å². The topological polar surface area (TPSA) is 56.1 Å². The molecular weight excluding hydrogens is 245 g/mol. The molecule has 0 aromatic heterocycles. The van der Waals surface area contributed by atoms with Crippen molar-refractivity contribution in [1.82, 2.24) is 4.90 Å². The monoisotopic (exact) mass is 261 g/mol. The summed E-state index contributed by atoms with van der Waals surface area (Å²) in [6, 6.07) is 5.61. The lowest BCUT2D eigenvalue weighted by molar-refractivity contribution is 0.213. The average Bonchev–Trinajstić information content (AvgIpc) is 2.70. The lowest BCUT2D eigenvalue weighted by Gasteiger charge is -2.20. The van der Waals surface area contributed by atoms with Gasteiger partial charge in [-0.15, -0.1) is 0 Å². The fourth-order valence-electron chi connectivity index (χ4n) is 2.15. The molecule has 0 bridgehead atoms. The molecule has 1 aliphatic heterocycles. The highest BCUT2D eigenvalue weighted by Crippen LogP contribution is 2.17. The number of anilines is 1. The van der Waals surface area contributed by atoms with Gasteiger partial charge in [-0.3, -0.25) is 0 Å². The second kappa shape index (κ2) is 6.19. The minimum atomic E-state index is -0.581. The van der Waals surface area contributed by atoms with E-state index in [1.165, 1.54) is 12.1 Å². The number of urea groups is 1. The summed E-state index contributed by atoms with van der Waals surface area (Å²) in [5.41, 5.74) is 0.360. The maximum atomic E-state index is 13.7. The molecule has 2 rings (SSSR count). The van der Waals surface area contributed by atoms with E-state index >= 15 is 0 Å². The first-order valence-electron chi connectivity index (χ1n) is 6.46. The lowest BCUT2D eigenvalue weighted by Crippen LogP contribution is -2.35. The number of hydrogen-bond donors (Lipinski definition) is 1. The highest BCUT2D eigenvalue weighted by atomic mass is 19.1. The van der Waals surface area contributed by atoms with Gasteiger partial charge in [0.2, 0.25) is 0 Å². The van der Waals surface area contributed by atoms with E-state index in [0.717, 1.165) is 31.7 Å². The largest absolute Gasteiger partial charge is 0.325 e. The number of halogens is 1. The highest BCUT2D eigenvalue weighted by molar-refractivity contribution is 5.89. The fraction of sp³-hybridized carbons (Fsp3) is 0.429. The van der Waals surface area contributed by atoms with Crippen LogP contribution in [0.25, 0.3) is 0 Å². The number of nitrogens with one attached hydrogen (secondary N) is 1. The Kier molecular flexibility index (Phi) is 4.35. The van der Waals surface area contributed by atoms with Crippen molar-refractivity contribution in [3.8, 4) is 6.07 Å². The molecule has 0 spiro atoms. The molecule has 1 N–H and O–H groups in total. The Hall–Kier alpha value is -2.09. The number of benzene rings is 1. The number of hydrogen-bond acceptors (Lipinski definition) is 2. The average molecular weight is 261 g/mol. The van der Waals surface area contributed by atoms with Crippen LogP contribution in [0.3, 0.4) is 0 Å². The SMILES string of the molecule is N#Cc1ccc(NC(=O)N2CCCCCC2)c(F)c1. The van der Waals surface area contributed by atoms with Crippen LogP contribution in [-0.4, -0.2) is 24.0 Å². The van der Waals surface area contributed by atoms with Gasteiger partial charge in [0.05, 0.1) is 17.3 Å². The van der Waals surface area contributed by atoms with E-state index in [1.54, 1.807) is 4.90 Å². The molecule has 1 aromatic carbocycles. The third-order valence-corrected chi connectivity index (χ3v) is 3.23. The molecule has 0 aliphatic carbocycles. The maximum absolute atomic E-state index is 13.7. The third kappa shape index (κ3) is 3.44.